The number of aromatic nitrogens is 1. The second-order valence-electron chi connectivity index (χ2n) is 10.7. The Bertz CT molecular complexity index is 1260. The molecule has 0 spiro atoms. The Balaban J connectivity index is 1.33. The van der Waals surface area contributed by atoms with Crippen molar-refractivity contribution in [2.75, 3.05) is 46.4 Å². The lowest BCUT2D eigenvalue weighted by atomic mass is 9.91. The largest absolute Gasteiger partial charge is 0.361 e. The Morgan fingerprint density at radius 2 is 1.82 bits per heavy atom. The summed E-state index contributed by atoms with van der Waals surface area (Å²) in [5, 5.41) is 1.06. The van der Waals surface area contributed by atoms with E-state index in [0.717, 1.165) is 29.3 Å². The van der Waals surface area contributed by atoms with Gasteiger partial charge in [0, 0.05) is 49.7 Å². The van der Waals surface area contributed by atoms with Gasteiger partial charge in [0.25, 0.3) is 0 Å². The van der Waals surface area contributed by atoms with Crippen LogP contribution in [0.2, 0.25) is 0 Å². The van der Waals surface area contributed by atoms with E-state index in [1.165, 1.54) is 5.56 Å². The van der Waals surface area contributed by atoms with Gasteiger partial charge in [0.1, 0.15) is 6.04 Å². The highest BCUT2D eigenvalue weighted by atomic mass is 16.7. The van der Waals surface area contributed by atoms with Crippen LogP contribution >= 0.6 is 0 Å². The maximum atomic E-state index is 14.1. The predicted molar refractivity (Wildman–Crippen MR) is 150 cm³/mol. The number of benzene rings is 2. The maximum absolute atomic E-state index is 14.1. The standard InChI is InChI=1S/C30H39N5O4/c1-21(25-17-32-26-13-7-6-12-24(25)26)28(29(36)33(2)18-27-38-19-23(31)20-39-27)35-16-15-34(30(35)37)14-8-11-22-9-4-3-5-10-22/h3-7,9-10,12-13,17,21,23,27-28,32H,8,11,14-16,18-20,31H2,1-2H3/t21-,23?,27?,28+/m0/s1. The molecule has 3 aromatic rings. The van der Waals surface area contributed by atoms with E-state index in [1.807, 2.05) is 54.4 Å². The number of carbonyl (C=O) groups excluding carboxylic acids is 2. The molecule has 0 aliphatic carbocycles. The Kier molecular flexibility index (Phi) is 8.50. The topological polar surface area (TPSA) is 104 Å². The molecule has 3 amide bonds. The minimum absolute atomic E-state index is 0.0855. The molecule has 3 heterocycles. The molecule has 0 unspecified atom stereocenters. The van der Waals surface area contributed by atoms with Gasteiger partial charge in [0.2, 0.25) is 5.91 Å². The van der Waals surface area contributed by atoms with E-state index in [9.17, 15) is 9.59 Å². The summed E-state index contributed by atoms with van der Waals surface area (Å²) < 4.78 is 11.4. The third-order valence-corrected chi connectivity index (χ3v) is 7.83. The smallest absolute Gasteiger partial charge is 0.320 e. The summed E-state index contributed by atoms with van der Waals surface area (Å²) in [6.07, 6.45) is 3.21. The van der Waals surface area contributed by atoms with Gasteiger partial charge in [0.15, 0.2) is 6.29 Å². The predicted octanol–water partition coefficient (Wildman–Crippen LogP) is 3.17. The average Bonchev–Trinajstić information content (AvgIpc) is 3.54. The lowest BCUT2D eigenvalue weighted by Gasteiger charge is -2.36. The summed E-state index contributed by atoms with van der Waals surface area (Å²) in [7, 11) is 1.75. The van der Waals surface area contributed by atoms with Gasteiger partial charge in [0.05, 0.1) is 25.8 Å². The number of hydrogen-bond donors (Lipinski definition) is 2. The van der Waals surface area contributed by atoms with Gasteiger partial charge < -0.3 is 34.9 Å². The van der Waals surface area contributed by atoms with Crippen molar-refractivity contribution < 1.29 is 19.1 Å². The SMILES string of the molecule is C[C@@H](c1c[nH]c2ccccc12)[C@H](C(=O)N(C)CC1OCC(N)CO1)N1CCN(CCCc2ccccc2)C1=O. The van der Waals surface area contributed by atoms with Gasteiger partial charge >= 0.3 is 6.03 Å². The fourth-order valence-corrected chi connectivity index (χ4v) is 5.65. The van der Waals surface area contributed by atoms with Crippen molar-refractivity contribution >= 4 is 22.8 Å². The quantitative estimate of drug-likeness (QED) is 0.417. The van der Waals surface area contributed by atoms with Crippen LogP contribution in [0.3, 0.4) is 0 Å². The molecule has 2 aromatic carbocycles. The number of nitrogens with one attached hydrogen (secondary N) is 1. The van der Waals surface area contributed by atoms with Gasteiger partial charge in [-0.05, 0) is 30.0 Å². The number of ether oxygens (including phenoxy) is 2. The van der Waals surface area contributed by atoms with E-state index in [1.54, 1.807) is 16.8 Å². The number of urea groups is 1. The van der Waals surface area contributed by atoms with E-state index in [0.29, 0.717) is 32.8 Å². The molecule has 2 aliphatic rings. The first-order valence-corrected chi connectivity index (χ1v) is 13.8. The summed E-state index contributed by atoms with van der Waals surface area (Å²) >= 11 is 0. The number of fused-ring (bicyclic) bond motifs is 1. The molecule has 2 fully saturated rings. The lowest BCUT2D eigenvalue weighted by molar-refractivity contribution is -0.194. The van der Waals surface area contributed by atoms with E-state index in [-0.39, 0.29) is 30.4 Å². The van der Waals surface area contributed by atoms with E-state index in [4.69, 9.17) is 15.2 Å². The Morgan fingerprint density at radius 1 is 1.10 bits per heavy atom. The number of aromatic amines is 1. The van der Waals surface area contributed by atoms with E-state index >= 15 is 0 Å². The van der Waals surface area contributed by atoms with Gasteiger partial charge in [-0.1, -0.05) is 55.5 Å². The number of para-hydroxylation sites is 1. The second-order valence-corrected chi connectivity index (χ2v) is 10.7. The molecule has 208 valence electrons. The van der Waals surface area contributed by atoms with Crippen molar-refractivity contribution in [3.63, 3.8) is 0 Å². The minimum Gasteiger partial charge on any atom is -0.361 e. The number of likely N-dealkylation sites (N-methyl/N-ethyl adjacent to an activating group) is 1. The van der Waals surface area contributed by atoms with Crippen LogP contribution in [0.1, 0.15) is 30.4 Å². The fraction of sp³-hybridized carbons (Fsp3) is 0.467. The molecule has 9 heteroatoms. The Hall–Kier alpha value is -3.40. The third kappa shape index (κ3) is 6.11. The molecule has 0 saturated carbocycles. The molecular formula is C30H39N5O4. The number of rotatable bonds is 10. The van der Waals surface area contributed by atoms with Crippen LogP contribution in [0.15, 0.2) is 60.8 Å². The molecule has 39 heavy (non-hydrogen) atoms. The summed E-state index contributed by atoms with van der Waals surface area (Å²) in [5.74, 6) is -0.361. The number of carbonyl (C=O) groups is 2. The zero-order valence-electron chi connectivity index (χ0n) is 22.8. The highest BCUT2D eigenvalue weighted by Gasteiger charge is 2.42. The Labute approximate surface area is 229 Å². The van der Waals surface area contributed by atoms with Crippen LogP contribution in [-0.4, -0.2) is 96.4 Å². The number of aryl methyl sites for hydroxylation is 1. The van der Waals surface area contributed by atoms with Crippen LogP contribution in [0.25, 0.3) is 10.9 Å². The number of amides is 3. The van der Waals surface area contributed by atoms with Gasteiger partial charge in [-0.3, -0.25) is 4.79 Å². The number of nitrogens with zero attached hydrogens (tertiary/aromatic N) is 3. The van der Waals surface area contributed by atoms with E-state index in [2.05, 4.69) is 23.2 Å². The van der Waals surface area contributed by atoms with Crippen LogP contribution in [0, 0.1) is 0 Å². The Morgan fingerprint density at radius 3 is 2.59 bits per heavy atom. The summed E-state index contributed by atoms with van der Waals surface area (Å²) in [6.45, 7) is 4.86. The highest BCUT2D eigenvalue weighted by Crippen LogP contribution is 2.32. The molecule has 9 nitrogen and oxygen atoms in total. The first-order chi connectivity index (χ1) is 18.9. The summed E-state index contributed by atoms with van der Waals surface area (Å²) in [6, 6.07) is 17.4. The van der Waals surface area contributed by atoms with Crippen LogP contribution < -0.4 is 5.73 Å². The maximum Gasteiger partial charge on any atom is 0.320 e. The molecule has 3 N–H and O–H groups in total. The zero-order valence-corrected chi connectivity index (χ0v) is 22.8. The summed E-state index contributed by atoms with van der Waals surface area (Å²) in [5.41, 5.74) is 9.16. The van der Waals surface area contributed by atoms with Crippen molar-refractivity contribution in [1.82, 2.24) is 19.7 Å². The molecule has 1 aromatic heterocycles. The molecule has 2 saturated heterocycles. The van der Waals surface area contributed by atoms with Crippen LogP contribution in [0.4, 0.5) is 4.79 Å². The van der Waals surface area contributed by atoms with Crippen molar-refractivity contribution in [1.29, 1.82) is 0 Å². The molecule has 2 aliphatic heterocycles. The average molecular weight is 534 g/mol. The molecular weight excluding hydrogens is 494 g/mol. The first kappa shape index (κ1) is 27.2. The fourth-order valence-electron chi connectivity index (χ4n) is 5.65. The van der Waals surface area contributed by atoms with E-state index < -0.39 is 12.3 Å². The van der Waals surface area contributed by atoms with Crippen molar-refractivity contribution in [3.05, 3.63) is 71.9 Å². The number of H-pyrrole nitrogens is 1. The van der Waals surface area contributed by atoms with Gasteiger partial charge in [-0.2, -0.15) is 0 Å². The normalized spacial score (nSPS) is 21.4. The molecule has 5 rings (SSSR count). The molecule has 0 radical (unpaired) electrons. The second kappa shape index (κ2) is 12.2. The molecule has 0 bridgehead atoms. The van der Waals surface area contributed by atoms with Gasteiger partial charge in [-0.15, -0.1) is 0 Å². The molecule has 2 atom stereocenters. The summed E-state index contributed by atoms with van der Waals surface area (Å²) in [4.78, 5) is 36.3. The first-order valence-electron chi connectivity index (χ1n) is 13.8. The van der Waals surface area contributed by atoms with Crippen LogP contribution in [0.5, 0.6) is 0 Å². The van der Waals surface area contributed by atoms with Crippen molar-refractivity contribution in [2.24, 2.45) is 5.73 Å². The zero-order chi connectivity index (χ0) is 27.4. The van der Waals surface area contributed by atoms with Crippen molar-refractivity contribution in [3.8, 4) is 0 Å². The van der Waals surface area contributed by atoms with Gasteiger partial charge in [-0.25, -0.2) is 4.79 Å². The van der Waals surface area contributed by atoms with Crippen molar-refractivity contribution in [2.45, 2.75) is 44.1 Å². The number of hydrogen-bond acceptors (Lipinski definition) is 5. The number of nitrogens with two attached hydrogens (primary N) is 1. The third-order valence-electron chi connectivity index (χ3n) is 7.83. The minimum atomic E-state index is -0.660. The highest BCUT2D eigenvalue weighted by molar-refractivity contribution is 5.91. The monoisotopic (exact) mass is 533 g/mol. The van der Waals surface area contributed by atoms with Crippen LogP contribution in [-0.2, 0) is 20.7 Å². The lowest BCUT2D eigenvalue weighted by Crippen LogP contribution is -2.54.